The number of amides is 1. The molecule has 0 saturated heterocycles. The molecule has 2 N–H and O–H groups in total. The van der Waals surface area contributed by atoms with Crippen LogP contribution >= 0.6 is 0 Å². The smallest absolute Gasteiger partial charge is 0.221 e. The Balaban J connectivity index is 1.68. The van der Waals surface area contributed by atoms with Crippen molar-refractivity contribution < 1.29 is 14.3 Å². The quantitative estimate of drug-likeness (QED) is 0.743. The second kappa shape index (κ2) is 9.45. The van der Waals surface area contributed by atoms with Crippen LogP contribution < -0.4 is 20.1 Å². The van der Waals surface area contributed by atoms with Crippen LogP contribution in [0.4, 0.5) is 5.69 Å². The number of rotatable bonds is 9. The largest absolute Gasteiger partial charge is 0.497 e. The molecule has 0 atom stereocenters. The molecule has 0 spiro atoms. The van der Waals surface area contributed by atoms with E-state index in [0.29, 0.717) is 19.5 Å². The zero-order chi connectivity index (χ0) is 17.2. The maximum Gasteiger partial charge on any atom is 0.221 e. The highest BCUT2D eigenvalue weighted by Crippen LogP contribution is 2.17. The Labute approximate surface area is 143 Å². The van der Waals surface area contributed by atoms with Crippen LogP contribution in [0.1, 0.15) is 12.0 Å². The van der Waals surface area contributed by atoms with E-state index in [4.69, 9.17) is 9.47 Å². The van der Waals surface area contributed by atoms with Crippen LogP contribution in [-0.2, 0) is 11.2 Å². The van der Waals surface area contributed by atoms with Crippen molar-refractivity contribution in [2.75, 3.05) is 32.6 Å². The molecule has 2 rings (SSSR count). The van der Waals surface area contributed by atoms with E-state index in [0.717, 1.165) is 29.2 Å². The molecule has 0 aliphatic rings. The first-order chi connectivity index (χ1) is 11.7. The number of benzene rings is 2. The van der Waals surface area contributed by atoms with Crippen LogP contribution in [0.3, 0.4) is 0 Å². The molecule has 0 aromatic heterocycles. The first-order valence-electron chi connectivity index (χ1n) is 7.99. The average Bonchev–Trinajstić information content (AvgIpc) is 2.62. The van der Waals surface area contributed by atoms with E-state index in [1.807, 2.05) is 48.5 Å². The van der Waals surface area contributed by atoms with E-state index in [9.17, 15) is 4.79 Å². The van der Waals surface area contributed by atoms with Gasteiger partial charge in [-0.2, -0.15) is 0 Å². The van der Waals surface area contributed by atoms with E-state index in [-0.39, 0.29) is 5.91 Å². The van der Waals surface area contributed by atoms with Crippen molar-refractivity contribution in [1.82, 2.24) is 5.32 Å². The first-order valence-corrected chi connectivity index (χ1v) is 7.99. The van der Waals surface area contributed by atoms with Crippen LogP contribution in [0.25, 0.3) is 0 Å². The molecule has 0 heterocycles. The number of methoxy groups -OCH3 is 2. The van der Waals surface area contributed by atoms with Crippen molar-refractivity contribution in [1.29, 1.82) is 0 Å². The second-order valence-corrected chi connectivity index (χ2v) is 5.32. The monoisotopic (exact) mass is 328 g/mol. The van der Waals surface area contributed by atoms with Gasteiger partial charge in [-0.25, -0.2) is 0 Å². The van der Waals surface area contributed by atoms with Crippen LogP contribution in [0.2, 0.25) is 0 Å². The number of hydrogen-bond donors (Lipinski definition) is 2. The fraction of sp³-hybridized carbons (Fsp3) is 0.316. The van der Waals surface area contributed by atoms with Gasteiger partial charge >= 0.3 is 0 Å². The number of ether oxygens (including phenoxy) is 2. The Bertz CT molecular complexity index is 659. The molecule has 24 heavy (non-hydrogen) atoms. The zero-order valence-electron chi connectivity index (χ0n) is 14.2. The Morgan fingerprint density at radius 3 is 2.62 bits per heavy atom. The van der Waals surface area contributed by atoms with Gasteiger partial charge in [0.15, 0.2) is 0 Å². The highest BCUT2D eigenvalue weighted by molar-refractivity contribution is 5.76. The SMILES string of the molecule is COc1cccc(NCCC(=O)NCCc2ccccc2OC)c1. The minimum Gasteiger partial charge on any atom is -0.497 e. The molecule has 0 unspecified atom stereocenters. The lowest BCUT2D eigenvalue weighted by Crippen LogP contribution is -2.27. The molecule has 0 aliphatic heterocycles. The molecule has 5 heteroatoms. The van der Waals surface area contributed by atoms with Crippen molar-refractivity contribution in [3.63, 3.8) is 0 Å². The summed E-state index contributed by atoms with van der Waals surface area (Å²) < 4.78 is 10.5. The topological polar surface area (TPSA) is 59.6 Å². The van der Waals surface area contributed by atoms with Gasteiger partial charge in [0.05, 0.1) is 14.2 Å². The number of para-hydroxylation sites is 1. The highest BCUT2D eigenvalue weighted by atomic mass is 16.5. The van der Waals surface area contributed by atoms with Gasteiger partial charge in [0.25, 0.3) is 0 Å². The number of carbonyl (C=O) groups is 1. The van der Waals surface area contributed by atoms with Gasteiger partial charge in [0, 0.05) is 31.3 Å². The number of anilines is 1. The second-order valence-electron chi connectivity index (χ2n) is 5.32. The summed E-state index contributed by atoms with van der Waals surface area (Å²) in [7, 11) is 3.29. The minimum absolute atomic E-state index is 0.0281. The molecular weight excluding hydrogens is 304 g/mol. The van der Waals surface area contributed by atoms with Crippen molar-refractivity contribution in [2.45, 2.75) is 12.8 Å². The number of carbonyl (C=O) groups excluding carboxylic acids is 1. The normalized spacial score (nSPS) is 10.1. The van der Waals surface area contributed by atoms with Gasteiger partial charge in [0.1, 0.15) is 11.5 Å². The fourth-order valence-electron chi connectivity index (χ4n) is 2.39. The van der Waals surface area contributed by atoms with Crippen molar-refractivity contribution in [3.05, 3.63) is 54.1 Å². The number of nitrogens with one attached hydrogen (secondary N) is 2. The lowest BCUT2D eigenvalue weighted by Gasteiger charge is -2.10. The Hall–Kier alpha value is -2.69. The fourth-order valence-corrected chi connectivity index (χ4v) is 2.39. The molecule has 5 nitrogen and oxygen atoms in total. The lowest BCUT2D eigenvalue weighted by molar-refractivity contribution is -0.120. The third-order valence-electron chi connectivity index (χ3n) is 3.66. The van der Waals surface area contributed by atoms with Crippen LogP contribution in [-0.4, -0.2) is 33.2 Å². The standard InChI is InChI=1S/C19H24N2O3/c1-23-17-8-5-7-16(14-17)20-13-11-19(22)21-12-10-15-6-3-4-9-18(15)24-2/h3-9,14,20H,10-13H2,1-2H3,(H,21,22). The molecule has 0 fully saturated rings. The summed E-state index contributed by atoms with van der Waals surface area (Å²) in [5.74, 6) is 1.67. The summed E-state index contributed by atoms with van der Waals surface area (Å²) >= 11 is 0. The molecule has 0 bridgehead atoms. The van der Waals surface area contributed by atoms with Crippen molar-refractivity contribution >= 4 is 11.6 Å². The summed E-state index contributed by atoms with van der Waals surface area (Å²) in [5, 5.41) is 6.15. The van der Waals surface area contributed by atoms with Gasteiger partial charge in [-0.3, -0.25) is 4.79 Å². The Morgan fingerprint density at radius 2 is 1.83 bits per heavy atom. The van der Waals surface area contributed by atoms with E-state index >= 15 is 0 Å². The third-order valence-corrected chi connectivity index (χ3v) is 3.66. The molecule has 128 valence electrons. The van der Waals surface area contributed by atoms with Gasteiger partial charge in [-0.05, 0) is 30.2 Å². The molecule has 0 saturated carbocycles. The Kier molecular flexibility index (Phi) is 6.95. The third kappa shape index (κ3) is 5.50. The minimum atomic E-state index is 0.0281. The summed E-state index contributed by atoms with van der Waals surface area (Å²) in [4.78, 5) is 11.9. The predicted molar refractivity (Wildman–Crippen MR) is 95.8 cm³/mol. The maximum absolute atomic E-state index is 11.9. The van der Waals surface area contributed by atoms with Gasteiger partial charge in [-0.15, -0.1) is 0 Å². The first kappa shape index (κ1) is 17.7. The Morgan fingerprint density at radius 1 is 1.00 bits per heavy atom. The molecule has 2 aromatic rings. The van der Waals surface area contributed by atoms with Crippen LogP contribution in [0, 0.1) is 0 Å². The summed E-state index contributed by atoms with van der Waals surface area (Å²) in [6.45, 7) is 1.17. The molecule has 1 amide bonds. The lowest BCUT2D eigenvalue weighted by atomic mass is 10.1. The zero-order valence-corrected chi connectivity index (χ0v) is 14.2. The molecule has 2 aromatic carbocycles. The maximum atomic E-state index is 11.9. The van der Waals surface area contributed by atoms with E-state index in [2.05, 4.69) is 10.6 Å². The number of hydrogen-bond acceptors (Lipinski definition) is 4. The molecule has 0 radical (unpaired) electrons. The predicted octanol–water partition coefficient (Wildman–Crippen LogP) is 2.86. The van der Waals surface area contributed by atoms with Gasteiger partial charge in [-0.1, -0.05) is 24.3 Å². The average molecular weight is 328 g/mol. The van der Waals surface area contributed by atoms with E-state index in [1.165, 1.54) is 0 Å². The van der Waals surface area contributed by atoms with Crippen LogP contribution in [0.15, 0.2) is 48.5 Å². The van der Waals surface area contributed by atoms with Crippen LogP contribution in [0.5, 0.6) is 11.5 Å². The molecule has 0 aliphatic carbocycles. The van der Waals surface area contributed by atoms with Crippen molar-refractivity contribution in [2.24, 2.45) is 0 Å². The van der Waals surface area contributed by atoms with E-state index < -0.39 is 0 Å². The van der Waals surface area contributed by atoms with E-state index in [1.54, 1.807) is 14.2 Å². The summed E-state index contributed by atoms with van der Waals surface area (Å²) in [5.41, 5.74) is 2.03. The van der Waals surface area contributed by atoms with Gasteiger partial charge < -0.3 is 20.1 Å². The highest BCUT2D eigenvalue weighted by Gasteiger charge is 2.04. The van der Waals surface area contributed by atoms with Crippen molar-refractivity contribution in [3.8, 4) is 11.5 Å². The molecular formula is C19H24N2O3. The summed E-state index contributed by atoms with van der Waals surface area (Å²) in [6, 6.07) is 15.5. The summed E-state index contributed by atoms with van der Waals surface area (Å²) in [6.07, 6.45) is 1.17. The van der Waals surface area contributed by atoms with Gasteiger partial charge in [0.2, 0.25) is 5.91 Å².